The molecule has 0 fully saturated rings. The lowest BCUT2D eigenvalue weighted by atomic mass is 10.0. The topological polar surface area (TPSA) is 78.9 Å². The van der Waals surface area contributed by atoms with Crippen molar-refractivity contribution in [3.05, 3.63) is 0 Å². The quantitative estimate of drug-likeness (QED) is 0.0495. The average molecular weight is 641 g/mol. The first-order valence-electron chi connectivity index (χ1n) is 15.5. The van der Waals surface area contributed by atoms with Gasteiger partial charge in [0.25, 0.3) is 0 Å². The summed E-state index contributed by atoms with van der Waals surface area (Å²) in [5.41, 5.74) is -0.928. The molecule has 40 heavy (non-hydrogen) atoms. The lowest BCUT2D eigenvalue weighted by Gasteiger charge is -2.18. The van der Waals surface area contributed by atoms with Gasteiger partial charge in [-0.2, -0.15) is 0 Å². The number of hydrogen-bond acceptors (Lipinski definition) is 9. The average Bonchev–Trinajstić information content (AvgIpc) is 2.96. The molecule has 0 aromatic rings. The lowest BCUT2D eigenvalue weighted by Crippen LogP contribution is -2.16. The minimum absolute atomic E-state index is 0.212. The molecule has 0 amide bonds. The minimum atomic E-state index is -0.928. The van der Waals surface area contributed by atoms with E-state index < -0.39 is 5.53 Å². The van der Waals surface area contributed by atoms with Crippen molar-refractivity contribution < 1.29 is 28.6 Å². The second-order valence-electron chi connectivity index (χ2n) is 10.3. The summed E-state index contributed by atoms with van der Waals surface area (Å²) in [4.78, 5) is 37.4. The van der Waals surface area contributed by atoms with Crippen molar-refractivity contribution in [2.75, 3.05) is 37.1 Å². The molecule has 0 aromatic heterocycles. The van der Waals surface area contributed by atoms with Crippen molar-refractivity contribution in [1.29, 1.82) is 0 Å². The molecule has 0 heterocycles. The van der Waals surface area contributed by atoms with E-state index in [9.17, 15) is 14.4 Å². The van der Waals surface area contributed by atoms with Gasteiger partial charge in [-0.3, -0.25) is 14.4 Å². The number of ether oxygens (including phenoxy) is 3. The molecular formula is C30H57O6PS3. The first-order valence-corrected chi connectivity index (χ1v) is 21.6. The minimum Gasteiger partial charge on any atom is -0.465 e. The molecule has 0 saturated heterocycles. The lowest BCUT2D eigenvalue weighted by molar-refractivity contribution is -0.142. The highest BCUT2D eigenvalue weighted by atomic mass is 33.4. The third-order valence-corrected chi connectivity index (χ3v) is 17.4. The van der Waals surface area contributed by atoms with E-state index in [1.165, 1.54) is 34.1 Å². The van der Waals surface area contributed by atoms with Crippen LogP contribution in [0.5, 0.6) is 0 Å². The first kappa shape index (κ1) is 39.9. The molecular weight excluding hydrogens is 583 g/mol. The van der Waals surface area contributed by atoms with Crippen LogP contribution >= 0.6 is 39.7 Å². The van der Waals surface area contributed by atoms with Crippen molar-refractivity contribution in [1.82, 2.24) is 0 Å². The van der Waals surface area contributed by atoms with Crippen LogP contribution < -0.4 is 0 Å². The zero-order valence-corrected chi connectivity index (χ0v) is 29.4. The monoisotopic (exact) mass is 640 g/mol. The molecule has 0 aromatic carbocycles. The van der Waals surface area contributed by atoms with Crippen LogP contribution in [0.4, 0.5) is 0 Å². The van der Waals surface area contributed by atoms with E-state index in [-0.39, 0.29) is 35.2 Å². The van der Waals surface area contributed by atoms with Gasteiger partial charge in [-0.05, 0) is 37.0 Å². The molecule has 0 spiro atoms. The Labute approximate surface area is 258 Å². The van der Waals surface area contributed by atoms with Gasteiger partial charge in [-0.25, -0.2) is 0 Å². The second-order valence-corrected chi connectivity index (χ2v) is 20.1. The first-order chi connectivity index (χ1) is 19.3. The predicted octanol–water partition coefficient (Wildman–Crippen LogP) is 9.69. The van der Waals surface area contributed by atoms with Crippen LogP contribution in [0.2, 0.25) is 0 Å². The normalized spacial score (nSPS) is 14.2. The Morgan fingerprint density at radius 2 is 0.800 bits per heavy atom. The van der Waals surface area contributed by atoms with Gasteiger partial charge >= 0.3 is 17.9 Å². The molecule has 0 rings (SSSR count). The fraction of sp³-hybridized carbons (Fsp3) is 0.900. The summed E-state index contributed by atoms with van der Waals surface area (Å²) in [7, 11) is 0. The summed E-state index contributed by atoms with van der Waals surface area (Å²) in [6.45, 7) is 14.3. The van der Waals surface area contributed by atoms with Gasteiger partial charge in [0, 0.05) is 0 Å². The van der Waals surface area contributed by atoms with Crippen LogP contribution in [-0.4, -0.2) is 55.0 Å². The van der Waals surface area contributed by atoms with Crippen LogP contribution in [0, 0.1) is 17.8 Å². The summed E-state index contributed by atoms with van der Waals surface area (Å²) in [6, 6.07) is 0. The summed E-state index contributed by atoms with van der Waals surface area (Å²) in [5.74, 6) is 1.14. The van der Waals surface area contributed by atoms with Crippen molar-refractivity contribution in [2.24, 2.45) is 17.8 Å². The number of hydrogen-bond donors (Lipinski definition) is 0. The fourth-order valence-electron chi connectivity index (χ4n) is 3.88. The van der Waals surface area contributed by atoms with Gasteiger partial charge < -0.3 is 14.2 Å². The highest BCUT2D eigenvalue weighted by Crippen LogP contribution is 2.70. The zero-order chi connectivity index (χ0) is 30.0. The number of unbranched alkanes of at least 4 members (excludes halogenated alkanes) is 3. The summed E-state index contributed by atoms with van der Waals surface area (Å²) in [6.07, 6.45) is 13.1. The van der Waals surface area contributed by atoms with E-state index in [0.29, 0.717) is 37.6 Å². The molecule has 236 valence electrons. The Kier molecular flexibility index (Phi) is 27.6. The van der Waals surface area contributed by atoms with Gasteiger partial charge in [0.2, 0.25) is 0 Å². The molecule has 3 atom stereocenters. The van der Waals surface area contributed by atoms with Gasteiger partial charge in [0.05, 0.1) is 42.6 Å². The SMILES string of the molecule is CCCCC(CC)COC(=O)CSP(SCC(=O)OCC(CC)CCCC)SCC(=O)OCC(CC)CCCC. The van der Waals surface area contributed by atoms with Crippen LogP contribution in [0.1, 0.15) is 119 Å². The maximum atomic E-state index is 12.5. The maximum absolute atomic E-state index is 12.5. The van der Waals surface area contributed by atoms with Gasteiger partial charge in [0.15, 0.2) is 0 Å². The molecule has 0 aliphatic carbocycles. The van der Waals surface area contributed by atoms with Gasteiger partial charge in [-0.15, -0.1) is 34.1 Å². The van der Waals surface area contributed by atoms with Crippen molar-refractivity contribution in [3.8, 4) is 0 Å². The highest BCUT2D eigenvalue weighted by Gasteiger charge is 2.20. The smallest absolute Gasteiger partial charge is 0.316 e. The molecule has 0 saturated carbocycles. The summed E-state index contributed by atoms with van der Waals surface area (Å²) < 4.78 is 16.7. The molecule has 6 nitrogen and oxygen atoms in total. The van der Waals surface area contributed by atoms with Crippen molar-refractivity contribution in [3.63, 3.8) is 0 Å². The van der Waals surface area contributed by atoms with Crippen LogP contribution in [0.3, 0.4) is 0 Å². The van der Waals surface area contributed by atoms with E-state index in [2.05, 4.69) is 41.5 Å². The van der Waals surface area contributed by atoms with Crippen molar-refractivity contribution in [2.45, 2.75) is 119 Å². The molecule has 3 unspecified atom stereocenters. The zero-order valence-electron chi connectivity index (χ0n) is 26.1. The fourth-order valence-corrected chi connectivity index (χ4v) is 12.4. The Morgan fingerprint density at radius 3 is 1.02 bits per heavy atom. The summed E-state index contributed by atoms with van der Waals surface area (Å²) in [5, 5.41) is 0. The molecule has 10 heteroatoms. The molecule has 0 aliphatic rings. The third-order valence-electron chi connectivity index (χ3n) is 6.93. The molecule has 0 radical (unpaired) electrons. The third kappa shape index (κ3) is 22.5. The maximum Gasteiger partial charge on any atom is 0.316 e. The van der Waals surface area contributed by atoms with E-state index in [4.69, 9.17) is 14.2 Å². The second kappa shape index (κ2) is 27.7. The van der Waals surface area contributed by atoms with E-state index in [1.54, 1.807) is 0 Å². The van der Waals surface area contributed by atoms with Crippen molar-refractivity contribution >= 4 is 57.6 Å². The van der Waals surface area contributed by atoms with Gasteiger partial charge in [0.1, 0.15) is 0 Å². The number of carbonyl (C=O) groups excluding carboxylic acids is 3. The van der Waals surface area contributed by atoms with E-state index >= 15 is 0 Å². The Balaban J connectivity index is 4.81. The van der Waals surface area contributed by atoms with Crippen LogP contribution in [-0.2, 0) is 28.6 Å². The standard InChI is InChI=1S/C30H57O6PS3/c1-7-13-16-25(10-4)19-34-28(31)22-38-37(39-23-29(32)35-20-26(11-5)17-14-8-2)40-24-30(33)36-21-27(12-6)18-15-9-3/h25-27H,7-24H2,1-6H3. The Hall–Kier alpha value is -0.110. The highest BCUT2D eigenvalue weighted by molar-refractivity contribution is 9.12. The van der Waals surface area contributed by atoms with Gasteiger partial charge in [-0.1, -0.05) is 99.3 Å². The molecule has 0 bridgehead atoms. The summed E-state index contributed by atoms with van der Waals surface area (Å²) >= 11 is 4.41. The Morgan fingerprint density at radius 1 is 0.525 bits per heavy atom. The molecule has 0 N–H and O–H groups in total. The molecule has 0 aliphatic heterocycles. The largest absolute Gasteiger partial charge is 0.465 e. The number of carbonyl (C=O) groups is 3. The van der Waals surface area contributed by atoms with Crippen LogP contribution in [0.25, 0.3) is 0 Å². The number of rotatable bonds is 27. The van der Waals surface area contributed by atoms with E-state index in [1.807, 2.05) is 0 Å². The van der Waals surface area contributed by atoms with Crippen LogP contribution in [0.15, 0.2) is 0 Å². The predicted molar refractivity (Wildman–Crippen MR) is 177 cm³/mol. The Bertz CT molecular complexity index is 569. The van der Waals surface area contributed by atoms with E-state index in [0.717, 1.165) is 77.0 Å². The number of esters is 3.